The molecule has 2 N–H and O–H groups in total. The molecule has 2 atom stereocenters. The van der Waals surface area contributed by atoms with Gasteiger partial charge >= 0.3 is 12.0 Å². The maximum atomic E-state index is 12.0. The van der Waals surface area contributed by atoms with Gasteiger partial charge in [0.05, 0.1) is 5.41 Å². The third-order valence-corrected chi connectivity index (χ3v) is 4.04. The van der Waals surface area contributed by atoms with E-state index in [1.807, 2.05) is 0 Å². The second-order valence-corrected chi connectivity index (χ2v) is 6.38. The molecule has 0 heterocycles. The van der Waals surface area contributed by atoms with Crippen LogP contribution in [-0.2, 0) is 4.79 Å². The van der Waals surface area contributed by atoms with Crippen LogP contribution in [0.5, 0.6) is 0 Å². The average molecular weight is 270 g/mol. The molecular formula is C14H26N2O3. The molecule has 2 amide bonds. The Balaban J connectivity index is 2.46. The Hall–Kier alpha value is -1.26. The maximum absolute atomic E-state index is 12.0. The van der Waals surface area contributed by atoms with Gasteiger partial charge in [0.1, 0.15) is 0 Å². The molecule has 0 bridgehead atoms. The maximum Gasteiger partial charge on any atom is 0.317 e. The number of urea groups is 1. The first-order valence-electron chi connectivity index (χ1n) is 6.98. The first-order chi connectivity index (χ1) is 8.74. The monoisotopic (exact) mass is 270 g/mol. The highest BCUT2D eigenvalue weighted by molar-refractivity contribution is 5.77. The van der Waals surface area contributed by atoms with Gasteiger partial charge in [0.25, 0.3) is 0 Å². The lowest BCUT2D eigenvalue weighted by Gasteiger charge is -2.34. The summed E-state index contributed by atoms with van der Waals surface area (Å²) in [5, 5.41) is 11.7. The Labute approximate surface area is 115 Å². The average Bonchev–Trinajstić information content (AvgIpc) is 2.35. The van der Waals surface area contributed by atoms with Gasteiger partial charge in [0, 0.05) is 19.6 Å². The number of hydrogen-bond acceptors (Lipinski definition) is 2. The summed E-state index contributed by atoms with van der Waals surface area (Å²) in [7, 11) is 1.80. The van der Waals surface area contributed by atoms with Crippen molar-refractivity contribution >= 4 is 12.0 Å². The minimum Gasteiger partial charge on any atom is -0.481 e. The van der Waals surface area contributed by atoms with Gasteiger partial charge in [-0.3, -0.25) is 4.79 Å². The molecule has 1 aliphatic rings. The van der Waals surface area contributed by atoms with E-state index in [0.717, 1.165) is 19.3 Å². The summed E-state index contributed by atoms with van der Waals surface area (Å²) in [6, 6.07) is 0.102. The first kappa shape index (κ1) is 15.8. The molecule has 0 saturated heterocycles. The van der Waals surface area contributed by atoms with Gasteiger partial charge in [-0.05, 0) is 32.6 Å². The molecule has 5 nitrogen and oxygen atoms in total. The quantitative estimate of drug-likeness (QED) is 0.823. The molecule has 0 aromatic carbocycles. The molecule has 0 aromatic rings. The summed E-state index contributed by atoms with van der Waals surface area (Å²) in [4.78, 5) is 24.8. The largest absolute Gasteiger partial charge is 0.481 e. The molecule has 2 unspecified atom stereocenters. The molecule has 0 spiro atoms. The van der Waals surface area contributed by atoms with Crippen molar-refractivity contribution in [3.63, 3.8) is 0 Å². The third-order valence-electron chi connectivity index (χ3n) is 4.04. The summed E-state index contributed by atoms with van der Waals surface area (Å²) < 4.78 is 0. The van der Waals surface area contributed by atoms with Crippen LogP contribution in [0.3, 0.4) is 0 Å². The fourth-order valence-electron chi connectivity index (χ4n) is 2.42. The van der Waals surface area contributed by atoms with Crippen molar-refractivity contribution in [2.24, 2.45) is 11.3 Å². The van der Waals surface area contributed by atoms with Gasteiger partial charge < -0.3 is 15.3 Å². The highest BCUT2D eigenvalue weighted by Crippen LogP contribution is 2.26. The lowest BCUT2D eigenvalue weighted by atomic mass is 9.86. The molecule has 1 fully saturated rings. The van der Waals surface area contributed by atoms with Gasteiger partial charge in [0.2, 0.25) is 0 Å². The minimum absolute atomic E-state index is 0.147. The van der Waals surface area contributed by atoms with E-state index in [-0.39, 0.29) is 18.6 Å². The Morgan fingerprint density at radius 1 is 1.37 bits per heavy atom. The Morgan fingerprint density at radius 2 is 2.00 bits per heavy atom. The second kappa shape index (κ2) is 6.26. The van der Waals surface area contributed by atoms with Gasteiger partial charge in [-0.2, -0.15) is 0 Å². The topological polar surface area (TPSA) is 69.6 Å². The van der Waals surface area contributed by atoms with Crippen LogP contribution in [0.1, 0.15) is 46.5 Å². The van der Waals surface area contributed by atoms with Crippen molar-refractivity contribution in [1.29, 1.82) is 0 Å². The number of nitrogens with one attached hydrogen (secondary N) is 1. The third kappa shape index (κ3) is 4.40. The zero-order valence-corrected chi connectivity index (χ0v) is 12.4. The molecule has 0 aromatic heterocycles. The minimum atomic E-state index is -0.934. The Bertz CT molecular complexity index is 342. The summed E-state index contributed by atoms with van der Waals surface area (Å²) in [6.45, 7) is 5.58. The van der Waals surface area contributed by atoms with E-state index in [1.54, 1.807) is 25.8 Å². The van der Waals surface area contributed by atoms with E-state index in [2.05, 4.69) is 12.2 Å². The van der Waals surface area contributed by atoms with E-state index in [9.17, 15) is 9.59 Å². The molecule has 0 aliphatic heterocycles. The van der Waals surface area contributed by atoms with Gasteiger partial charge in [0.15, 0.2) is 0 Å². The number of nitrogens with zero attached hydrogens (tertiary/aromatic N) is 1. The van der Waals surface area contributed by atoms with Crippen molar-refractivity contribution in [3.05, 3.63) is 0 Å². The molecule has 1 rings (SSSR count). The molecule has 0 radical (unpaired) electrons. The predicted molar refractivity (Wildman–Crippen MR) is 74.0 cm³/mol. The zero-order valence-electron chi connectivity index (χ0n) is 12.4. The van der Waals surface area contributed by atoms with E-state index in [0.29, 0.717) is 5.92 Å². The van der Waals surface area contributed by atoms with Crippen LogP contribution >= 0.6 is 0 Å². The fourth-order valence-corrected chi connectivity index (χ4v) is 2.42. The zero-order chi connectivity index (χ0) is 14.6. The summed E-state index contributed by atoms with van der Waals surface area (Å²) in [6.07, 6.45) is 4.46. The molecular weight excluding hydrogens is 244 g/mol. The van der Waals surface area contributed by atoms with Crippen molar-refractivity contribution in [3.8, 4) is 0 Å². The number of rotatable bonds is 4. The molecule has 19 heavy (non-hydrogen) atoms. The molecule has 1 saturated carbocycles. The number of hydrogen-bond donors (Lipinski definition) is 2. The lowest BCUT2D eigenvalue weighted by Crippen LogP contribution is -2.48. The van der Waals surface area contributed by atoms with E-state index in [1.165, 1.54) is 6.42 Å². The predicted octanol–water partition coefficient (Wildman–Crippen LogP) is 2.32. The number of carboxylic acids is 1. The number of carbonyl (C=O) groups excluding carboxylic acids is 1. The highest BCUT2D eigenvalue weighted by atomic mass is 16.4. The van der Waals surface area contributed by atoms with Gasteiger partial charge in [-0.25, -0.2) is 4.79 Å². The van der Waals surface area contributed by atoms with Crippen molar-refractivity contribution < 1.29 is 14.7 Å². The van der Waals surface area contributed by atoms with Crippen molar-refractivity contribution in [2.75, 3.05) is 13.6 Å². The first-order valence-corrected chi connectivity index (χ1v) is 6.98. The van der Waals surface area contributed by atoms with Crippen molar-refractivity contribution in [2.45, 2.75) is 52.5 Å². The van der Waals surface area contributed by atoms with Crippen LogP contribution in [0.2, 0.25) is 0 Å². The Kier molecular flexibility index (Phi) is 5.20. The number of aliphatic carboxylic acids is 1. The number of carboxylic acid groups (broad SMARTS) is 1. The smallest absolute Gasteiger partial charge is 0.317 e. The van der Waals surface area contributed by atoms with Crippen LogP contribution in [0.4, 0.5) is 4.79 Å². The number of carbonyl (C=O) groups is 2. The van der Waals surface area contributed by atoms with E-state index in [4.69, 9.17) is 5.11 Å². The summed E-state index contributed by atoms with van der Waals surface area (Å²) in [5.74, 6) is -0.244. The fraction of sp³-hybridized carbons (Fsp3) is 0.857. The van der Waals surface area contributed by atoms with Crippen LogP contribution < -0.4 is 5.32 Å². The van der Waals surface area contributed by atoms with Crippen LogP contribution in [0, 0.1) is 11.3 Å². The van der Waals surface area contributed by atoms with E-state index >= 15 is 0 Å². The normalized spacial score (nSPS) is 23.8. The number of amides is 2. The van der Waals surface area contributed by atoms with Crippen molar-refractivity contribution in [1.82, 2.24) is 10.2 Å². The SMILES string of the molecule is CC1CCCC(N(C)C(=O)NCC(C)(C)C(=O)O)C1. The summed E-state index contributed by atoms with van der Waals surface area (Å²) in [5.41, 5.74) is -0.934. The Morgan fingerprint density at radius 3 is 2.53 bits per heavy atom. The molecule has 1 aliphatic carbocycles. The molecule has 110 valence electrons. The van der Waals surface area contributed by atoms with Gasteiger partial charge in [-0.1, -0.05) is 19.8 Å². The van der Waals surface area contributed by atoms with Crippen LogP contribution in [-0.4, -0.2) is 41.6 Å². The lowest BCUT2D eigenvalue weighted by molar-refractivity contribution is -0.146. The second-order valence-electron chi connectivity index (χ2n) is 6.38. The van der Waals surface area contributed by atoms with Gasteiger partial charge in [-0.15, -0.1) is 0 Å². The van der Waals surface area contributed by atoms with Crippen LogP contribution in [0.25, 0.3) is 0 Å². The summed E-state index contributed by atoms with van der Waals surface area (Å²) >= 11 is 0. The standard InChI is InChI=1S/C14H26N2O3/c1-10-6-5-7-11(8-10)16(4)13(19)15-9-14(2,3)12(17)18/h10-11H,5-9H2,1-4H3,(H,15,19)(H,17,18). The highest BCUT2D eigenvalue weighted by Gasteiger charge is 2.30. The van der Waals surface area contributed by atoms with E-state index < -0.39 is 11.4 Å². The molecule has 5 heteroatoms. The van der Waals surface area contributed by atoms with Crippen LogP contribution in [0.15, 0.2) is 0 Å².